The van der Waals surface area contributed by atoms with Crippen molar-refractivity contribution in [2.75, 3.05) is 6.54 Å². The summed E-state index contributed by atoms with van der Waals surface area (Å²) in [5, 5.41) is 0. The highest BCUT2D eigenvalue weighted by atomic mass is 15.2. The molecular formula is C12H21N. The van der Waals surface area contributed by atoms with E-state index in [9.17, 15) is 0 Å². The molecule has 1 rings (SSSR count). The van der Waals surface area contributed by atoms with Gasteiger partial charge in [-0.15, -0.1) is 5.92 Å². The van der Waals surface area contributed by atoms with E-state index in [2.05, 4.69) is 44.4 Å². The molecule has 0 aliphatic carbocycles. The third-order valence-corrected chi connectivity index (χ3v) is 3.17. The largest absolute Gasteiger partial charge is 0.287 e. The molecule has 3 unspecified atom stereocenters. The fraction of sp³-hybridized carbons (Fsp3) is 0.833. The normalized spacial score (nSPS) is 31.1. The summed E-state index contributed by atoms with van der Waals surface area (Å²) >= 11 is 0. The maximum atomic E-state index is 3.30. The number of hydrogen-bond acceptors (Lipinski definition) is 1. The van der Waals surface area contributed by atoms with Gasteiger partial charge in [0.1, 0.15) is 0 Å². The molecule has 0 radical (unpaired) electrons. The van der Waals surface area contributed by atoms with E-state index in [1.54, 1.807) is 0 Å². The van der Waals surface area contributed by atoms with Crippen molar-refractivity contribution in [1.29, 1.82) is 0 Å². The van der Waals surface area contributed by atoms with Crippen molar-refractivity contribution in [3.05, 3.63) is 0 Å². The molecule has 0 aromatic rings. The van der Waals surface area contributed by atoms with Gasteiger partial charge in [-0.05, 0) is 32.7 Å². The van der Waals surface area contributed by atoms with Crippen molar-refractivity contribution >= 4 is 0 Å². The van der Waals surface area contributed by atoms with E-state index in [4.69, 9.17) is 0 Å². The van der Waals surface area contributed by atoms with Crippen LogP contribution in [0.2, 0.25) is 0 Å². The molecule has 3 atom stereocenters. The zero-order chi connectivity index (χ0) is 9.84. The predicted molar refractivity (Wildman–Crippen MR) is 57.5 cm³/mol. The molecule has 1 heterocycles. The van der Waals surface area contributed by atoms with Gasteiger partial charge in [-0.1, -0.05) is 19.8 Å². The van der Waals surface area contributed by atoms with Crippen LogP contribution in [0.3, 0.4) is 0 Å². The van der Waals surface area contributed by atoms with Crippen LogP contribution >= 0.6 is 0 Å². The first-order valence-electron chi connectivity index (χ1n) is 5.41. The minimum absolute atomic E-state index is 0.444. The first-order chi connectivity index (χ1) is 6.16. The number of likely N-dealkylation sites (tertiary alicyclic amines) is 1. The van der Waals surface area contributed by atoms with Crippen molar-refractivity contribution in [3.8, 4) is 11.8 Å². The van der Waals surface area contributed by atoms with Crippen molar-refractivity contribution in [1.82, 2.24) is 4.90 Å². The van der Waals surface area contributed by atoms with Gasteiger partial charge in [-0.25, -0.2) is 0 Å². The smallest absolute Gasteiger partial charge is 0.0688 e. The van der Waals surface area contributed by atoms with Gasteiger partial charge in [-0.2, -0.15) is 0 Å². The van der Waals surface area contributed by atoms with Gasteiger partial charge in [0, 0.05) is 12.5 Å². The highest BCUT2D eigenvalue weighted by molar-refractivity contribution is 5.07. The van der Waals surface area contributed by atoms with Crippen LogP contribution in [0.25, 0.3) is 0 Å². The summed E-state index contributed by atoms with van der Waals surface area (Å²) in [5.74, 6) is 7.31. The fourth-order valence-electron chi connectivity index (χ4n) is 2.00. The highest BCUT2D eigenvalue weighted by Gasteiger charge is 2.29. The first-order valence-corrected chi connectivity index (χ1v) is 5.41. The molecule has 0 bridgehead atoms. The van der Waals surface area contributed by atoms with Crippen molar-refractivity contribution in [2.45, 2.75) is 52.6 Å². The lowest BCUT2D eigenvalue weighted by molar-refractivity contribution is 0.223. The van der Waals surface area contributed by atoms with Gasteiger partial charge in [-0.3, -0.25) is 4.90 Å². The van der Waals surface area contributed by atoms with Crippen LogP contribution < -0.4 is 0 Å². The summed E-state index contributed by atoms with van der Waals surface area (Å²) in [6.07, 6.45) is 2.31. The quantitative estimate of drug-likeness (QED) is 0.559. The molecule has 0 aromatic carbocycles. The van der Waals surface area contributed by atoms with Crippen LogP contribution in [0.5, 0.6) is 0 Å². The summed E-state index contributed by atoms with van der Waals surface area (Å²) in [6.45, 7) is 10.2. The van der Waals surface area contributed by atoms with E-state index in [0.29, 0.717) is 12.1 Å². The monoisotopic (exact) mass is 179 g/mol. The molecule has 0 amide bonds. The minimum Gasteiger partial charge on any atom is -0.287 e. The fourth-order valence-corrected chi connectivity index (χ4v) is 2.00. The van der Waals surface area contributed by atoms with E-state index in [0.717, 1.165) is 12.3 Å². The van der Waals surface area contributed by atoms with E-state index >= 15 is 0 Å². The van der Waals surface area contributed by atoms with Gasteiger partial charge < -0.3 is 0 Å². The third kappa shape index (κ3) is 2.48. The van der Waals surface area contributed by atoms with Crippen LogP contribution in [-0.2, 0) is 0 Å². The topological polar surface area (TPSA) is 3.24 Å². The van der Waals surface area contributed by atoms with Crippen LogP contribution in [0.15, 0.2) is 0 Å². The number of hydrogen-bond donors (Lipinski definition) is 0. The number of rotatable bonds is 1. The molecule has 0 aromatic heterocycles. The Morgan fingerprint density at radius 3 is 2.62 bits per heavy atom. The van der Waals surface area contributed by atoms with Crippen LogP contribution in [0, 0.1) is 17.8 Å². The second-order valence-electron chi connectivity index (χ2n) is 4.10. The van der Waals surface area contributed by atoms with Crippen molar-refractivity contribution in [3.63, 3.8) is 0 Å². The van der Waals surface area contributed by atoms with Gasteiger partial charge in [0.25, 0.3) is 0 Å². The molecule has 0 saturated carbocycles. The Bertz CT molecular complexity index is 211. The third-order valence-electron chi connectivity index (χ3n) is 3.17. The maximum Gasteiger partial charge on any atom is 0.0688 e. The average molecular weight is 179 g/mol. The molecule has 1 nitrogen and oxygen atoms in total. The second kappa shape index (κ2) is 4.67. The lowest BCUT2D eigenvalue weighted by Crippen LogP contribution is -2.36. The molecular weight excluding hydrogens is 158 g/mol. The van der Waals surface area contributed by atoms with E-state index in [-0.39, 0.29) is 0 Å². The van der Waals surface area contributed by atoms with E-state index in [1.165, 1.54) is 13.0 Å². The Labute approximate surface area is 82.5 Å². The van der Waals surface area contributed by atoms with Gasteiger partial charge in [0.15, 0.2) is 0 Å². The Morgan fingerprint density at radius 2 is 2.15 bits per heavy atom. The van der Waals surface area contributed by atoms with Crippen molar-refractivity contribution < 1.29 is 0 Å². The molecule has 1 aliphatic rings. The zero-order valence-corrected chi connectivity index (χ0v) is 9.30. The molecule has 1 heteroatoms. The molecule has 13 heavy (non-hydrogen) atoms. The summed E-state index contributed by atoms with van der Waals surface area (Å²) in [5.41, 5.74) is 0. The SMILES string of the molecule is CCC#CC(C)N1CCC(C)C1C. The first kappa shape index (κ1) is 10.6. The van der Waals surface area contributed by atoms with Crippen LogP contribution in [0.1, 0.15) is 40.5 Å². The van der Waals surface area contributed by atoms with Gasteiger partial charge >= 0.3 is 0 Å². The maximum absolute atomic E-state index is 3.30. The van der Waals surface area contributed by atoms with Crippen LogP contribution in [-0.4, -0.2) is 23.5 Å². The van der Waals surface area contributed by atoms with E-state index < -0.39 is 0 Å². The minimum atomic E-state index is 0.444. The average Bonchev–Trinajstić information content (AvgIpc) is 2.44. The Hall–Kier alpha value is -0.480. The molecule has 1 aliphatic heterocycles. The summed E-state index contributed by atoms with van der Waals surface area (Å²) in [6, 6.07) is 1.15. The Balaban J connectivity index is 2.52. The second-order valence-corrected chi connectivity index (χ2v) is 4.10. The van der Waals surface area contributed by atoms with Gasteiger partial charge in [0.05, 0.1) is 6.04 Å². The lowest BCUT2D eigenvalue weighted by atomic mass is 10.0. The molecule has 0 spiro atoms. The van der Waals surface area contributed by atoms with E-state index in [1.807, 2.05) is 0 Å². The zero-order valence-electron chi connectivity index (χ0n) is 9.30. The van der Waals surface area contributed by atoms with Crippen LogP contribution in [0.4, 0.5) is 0 Å². The highest BCUT2D eigenvalue weighted by Crippen LogP contribution is 2.24. The molecule has 74 valence electrons. The summed E-state index contributed by atoms with van der Waals surface area (Å²) in [7, 11) is 0. The number of nitrogens with zero attached hydrogens (tertiary/aromatic N) is 1. The molecule has 0 N–H and O–H groups in total. The standard InChI is InChI=1S/C12H21N/c1-5-6-7-11(3)13-9-8-10(2)12(13)4/h10-12H,5,8-9H2,1-4H3. The Kier molecular flexibility index (Phi) is 3.81. The predicted octanol–water partition coefficient (Wildman–Crippen LogP) is 2.52. The summed E-state index contributed by atoms with van der Waals surface area (Å²) < 4.78 is 0. The van der Waals surface area contributed by atoms with Gasteiger partial charge in [0.2, 0.25) is 0 Å². The Morgan fingerprint density at radius 1 is 1.46 bits per heavy atom. The molecule has 1 fully saturated rings. The summed E-state index contributed by atoms with van der Waals surface area (Å²) in [4.78, 5) is 2.52. The lowest BCUT2D eigenvalue weighted by Gasteiger charge is -2.26. The van der Waals surface area contributed by atoms with Crippen molar-refractivity contribution in [2.24, 2.45) is 5.92 Å². The molecule has 1 saturated heterocycles.